The molecule has 0 atom stereocenters. The Morgan fingerprint density at radius 3 is 2.76 bits per heavy atom. The summed E-state index contributed by atoms with van der Waals surface area (Å²) in [5.41, 5.74) is 1.39. The van der Waals surface area contributed by atoms with E-state index in [1.54, 1.807) is 11.3 Å². The number of thiophene rings is 1. The van der Waals surface area contributed by atoms with Crippen LogP contribution in [0.3, 0.4) is 0 Å². The first-order valence-corrected chi connectivity index (χ1v) is 8.63. The molecule has 0 bridgehead atoms. The molecule has 4 nitrogen and oxygen atoms in total. The van der Waals surface area contributed by atoms with Crippen molar-refractivity contribution < 1.29 is 4.79 Å². The van der Waals surface area contributed by atoms with Crippen LogP contribution in [-0.4, -0.2) is 21.5 Å². The van der Waals surface area contributed by atoms with Gasteiger partial charge in [-0.05, 0) is 26.3 Å². The number of Topliss-reactive ketones (excluding diaryl/α,β-unsaturated/α-hetero) is 1. The van der Waals surface area contributed by atoms with Gasteiger partial charge in [0.1, 0.15) is 0 Å². The minimum absolute atomic E-state index is 0.0744. The van der Waals surface area contributed by atoms with E-state index in [2.05, 4.69) is 9.97 Å². The van der Waals surface area contributed by atoms with E-state index in [0.29, 0.717) is 5.16 Å². The van der Waals surface area contributed by atoms with Crippen LogP contribution in [0.4, 0.5) is 0 Å². The van der Waals surface area contributed by atoms with Gasteiger partial charge in [0.05, 0.1) is 5.75 Å². The highest BCUT2D eigenvalue weighted by atomic mass is 32.2. The van der Waals surface area contributed by atoms with E-state index in [9.17, 15) is 9.59 Å². The van der Waals surface area contributed by atoms with E-state index in [1.165, 1.54) is 17.8 Å². The molecule has 2 aromatic heterocycles. The van der Waals surface area contributed by atoms with Crippen LogP contribution in [0.1, 0.15) is 39.2 Å². The highest BCUT2D eigenvalue weighted by molar-refractivity contribution is 7.99. The minimum atomic E-state index is -0.161. The largest absolute Gasteiger partial charge is 0.301 e. The number of hydrogen-bond acceptors (Lipinski definition) is 5. The lowest BCUT2D eigenvalue weighted by atomic mass is 10.2. The van der Waals surface area contributed by atoms with Crippen LogP contribution in [0.5, 0.6) is 0 Å². The topological polar surface area (TPSA) is 62.8 Å². The molecule has 0 saturated carbocycles. The first-order chi connectivity index (χ1) is 9.99. The van der Waals surface area contributed by atoms with Crippen molar-refractivity contribution in [2.75, 3.05) is 5.75 Å². The Morgan fingerprint density at radius 2 is 2.14 bits per heavy atom. The quantitative estimate of drug-likeness (QED) is 0.503. The van der Waals surface area contributed by atoms with Gasteiger partial charge in [0.15, 0.2) is 10.9 Å². The third kappa shape index (κ3) is 4.28. The number of thioether (sulfide) groups is 1. The van der Waals surface area contributed by atoms with Crippen LogP contribution in [0, 0.1) is 13.8 Å². The van der Waals surface area contributed by atoms with Crippen LogP contribution in [-0.2, 0) is 6.42 Å². The Hall–Kier alpha value is -1.40. The Labute approximate surface area is 132 Å². The third-order valence-corrected chi connectivity index (χ3v) is 4.80. The molecule has 0 saturated heterocycles. The number of nitrogens with zero attached hydrogens (tertiary/aromatic N) is 1. The summed E-state index contributed by atoms with van der Waals surface area (Å²) in [5.74, 6) is 0.362. The number of carbonyl (C=O) groups is 1. The van der Waals surface area contributed by atoms with Gasteiger partial charge in [0, 0.05) is 27.1 Å². The minimum Gasteiger partial charge on any atom is -0.301 e. The van der Waals surface area contributed by atoms with Crippen molar-refractivity contribution in [3.63, 3.8) is 0 Å². The van der Waals surface area contributed by atoms with E-state index < -0.39 is 0 Å². The van der Waals surface area contributed by atoms with Gasteiger partial charge >= 0.3 is 0 Å². The summed E-state index contributed by atoms with van der Waals surface area (Å²) in [6, 6.07) is 3.44. The van der Waals surface area contributed by atoms with Gasteiger partial charge in [-0.3, -0.25) is 9.59 Å². The average Bonchev–Trinajstić information content (AvgIpc) is 2.75. The third-order valence-electron chi connectivity index (χ3n) is 2.96. The normalized spacial score (nSPS) is 10.8. The Balaban J connectivity index is 2.07. The molecular formula is C15H18N2O2S2. The number of aromatic nitrogens is 2. The lowest BCUT2D eigenvalue weighted by molar-refractivity contribution is 0.102. The standard InChI is InChI=1S/C15H18N2O2S2/c1-4-5-11-7-14(19)17-15(16-11)20-8-13(18)12-6-9(2)21-10(12)3/h6-7H,4-5,8H2,1-3H3,(H,16,17,19). The van der Waals surface area contributed by atoms with E-state index in [1.807, 2.05) is 26.8 Å². The Bertz CT molecular complexity index is 704. The second-order valence-electron chi connectivity index (χ2n) is 4.83. The number of rotatable bonds is 6. The average molecular weight is 322 g/mol. The van der Waals surface area contributed by atoms with E-state index in [-0.39, 0.29) is 17.1 Å². The molecule has 0 aliphatic rings. The fraction of sp³-hybridized carbons (Fsp3) is 0.400. The Morgan fingerprint density at radius 1 is 1.38 bits per heavy atom. The SMILES string of the molecule is CCCc1cc(=O)[nH]c(SCC(=O)c2cc(C)sc2C)n1. The molecule has 2 heterocycles. The molecule has 2 aromatic rings. The second-order valence-corrected chi connectivity index (χ2v) is 7.26. The van der Waals surface area contributed by atoms with Crippen molar-refractivity contribution >= 4 is 28.9 Å². The van der Waals surface area contributed by atoms with Gasteiger partial charge in [-0.2, -0.15) is 0 Å². The molecule has 1 N–H and O–H groups in total. The number of hydrogen-bond donors (Lipinski definition) is 1. The van der Waals surface area contributed by atoms with Crippen molar-refractivity contribution in [1.29, 1.82) is 0 Å². The van der Waals surface area contributed by atoms with Gasteiger partial charge in [-0.1, -0.05) is 25.1 Å². The van der Waals surface area contributed by atoms with Crippen LogP contribution < -0.4 is 5.56 Å². The number of carbonyl (C=O) groups excluding carboxylic acids is 1. The summed E-state index contributed by atoms with van der Waals surface area (Å²) >= 11 is 2.91. The van der Waals surface area contributed by atoms with Gasteiger partial charge in [0.2, 0.25) is 0 Å². The predicted octanol–water partition coefficient (Wildman–Crippen LogP) is 3.38. The van der Waals surface area contributed by atoms with E-state index in [0.717, 1.165) is 33.9 Å². The van der Waals surface area contributed by atoms with Crippen molar-refractivity contribution in [3.05, 3.63) is 43.5 Å². The summed E-state index contributed by atoms with van der Waals surface area (Å²) in [6.07, 6.45) is 1.71. The summed E-state index contributed by atoms with van der Waals surface area (Å²) in [6.45, 7) is 5.99. The summed E-state index contributed by atoms with van der Waals surface area (Å²) in [4.78, 5) is 33.0. The molecule has 6 heteroatoms. The predicted molar refractivity (Wildman–Crippen MR) is 87.7 cm³/mol. The number of nitrogens with one attached hydrogen (secondary N) is 1. The van der Waals surface area contributed by atoms with E-state index in [4.69, 9.17) is 0 Å². The maximum atomic E-state index is 12.2. The van der Waals surface area contributed by atoms with Gasteiger partial charge in [-0.15, -0.1) is 11.3 Å². The maximum absolute atomic E-state index is 12.2. The summed E-state index contributed by atoms with van der Waals surface area (Å²) in [5, 5.41) is 0.518. The van der Waals surface area contributed by atoms with Crippen molar-refractivity contribution in [2.45, 2.75) is 38.8 Å². The first-order valence-electron chi connectivity index (χ1n) is 6.83. The molecule has 0 spiro atoms. The molecule has 0 amide bonds. The van der Waals surface area contributed by atoms with Gasteiger partial charge in [-0.25, -0.2) is 4.98 Å². The molecule has 0 fully saturated rings. The van der Waals surface area contributed by atoms with Crippen molar-refractivity contribution in [2.24, 2.45) is 0 Å². The number of aromatic amines is 1. The molecule has 112 valence electrons. The lowest BCUT2D eigenvalue weighted by Gasteiger charge is -2.03. The smallest absolute Gasteiger partial charge is 0.251 e. The Kier molecular flexibility index (Phi) is 5.36. The lowest BCUT2D eigenvalue weighted by Crippen LogP contribution is -2.11. The fourth-order valence-corrected chi connectivity index (χ4v) is 3.78. The molecule has 21 heavy (non-hydrogen) atoms. The maximum Gasteiger partial charge on any atom is 0.251 e. The molecular weight excluding hydrogens is 304 g/mol. The molecule has 0 radical (unpaired) electrons. The van der Waals surface area contributed by atoms with E-state index >= 15 is 0 Å². The summed E-state index contributed by atoms with van der Waals surface area (Å²) < 4.78 is 0. The van der Waals surface area contributed by atoms with Gasteiger partial charge in [0.25, 0.3) is 5.56 Å². The zero-order chi connectivity index (χ0) is 15.4. The van der Waals surface area contributed by atoms with Crippen LogP contribution in [0.15, 0.2) is 22.1 Å². The van der Waals surface area contributed by atoms with Crippen molar-refractivity contribution in [3.8, 4) is 0 Å². The molecule has 0 aliphatic heterocycles. The second kappa shape index (κ2) is 7.04. The number of ketones is 1. The van der Waals surface area contributed by atoms with Crippen LogP contribution >= 0.6 is 23.1 Å². The molecule has 0 aliphatic carbocycles. The van der Waals surface area contributed by atoms with Gasteiger partial charge < -0.3 is 4.98 Å². The zero-order valence-corrected chi connectivity index (χ0v) is 14.0. The monoisotopic (exact) mass is 322 g/mol. The highest BCUT2D eigenvalue weighted by Gasteiger charge is 2.13. The highest BCUT2D eigenvalue weighted by Crippen LogP contribution is 2.23. The summed E-state index contributed by atoms with van der Waals surface area (Å²) in [7, 11) is 0. The fourth-order valence-electron chi connectivity index (χ4n) is 2.06. The first kappa shape index (κ1) is 16.0. The number of aryl methyl sites for hydroxylation is 3. The van der Waals surface area contributed by atoms with Crippen molar-refractivity contribution in [1.82, 2.24) is 9.97 Å². The number of H-pyrrole nitrogens is 1. The zero-order valence-electron chi connectivity index (χ0n) is 12.4. The van der Waals surface area contributed by atoms with Crippen LogP contribution in [0.2, 0.25) is 0 Å². The molecule has 2 rings (SSSR count). The molecule has 0 unspecified atom stereocenters. The van der Waals surface area contributed by atoms with Crippen LogP contribution in [0.25, 0.3) is 0 Å². The molecule has 0 aromatic carbocycles.